The zero-order chi connectivity index (χ0) is 12.0. The molecule has 3 nitrogen and oxygen atoms in total. The fourth-order valence-corrected chi connectivity index (χ4v) is 2.54. The van der Waals surface area contributed by atoms with E-state index in [2.05, 4.69) is 6.92 Å². The summed E-state index contributed by atoms with van der Waals surface area (Å²) in [6.07, 6.45) is 8.95. The standard InChI is InChI=1S/C13H25NO2/c1-2-11(12(14)9-13(15)16)8-4-7-10-5-3-6-10/h10-12H,2-9,14H2,1H3,(H,15,16). The predicted octanol–water partition coefficient (Wildman–Crippen LogP) is 2.79. The maximum atomic E-state index is 10.6. The van der Waals surface area contributed by atoms with Crippen molar-refractivity contribution >= 4 is 5.97 Å². The van der Waals surface area contributed by atoms with E-state index in [4.69, 9.17) is 10.8 Å². The van der Waals surface area contributed by atoms with Gasteiger partial charge in [-0.05, 0) is 18.3 Å². The fraction of sp³-hybridized carbons (Fsp3) is 0.923. The van der Waals surface area contributed by atoms with E-state index in [-0.39, 0.29) is 12.5 Å². The molecular formula is C13H25NO2. The topological polar surface area (TPSA) is 63.3 Å². The minimum absolute atomic E-state index is 0.113. The molecule has 1 rings (SSSR count). The fourth-order valence-electron chi connectivity index (χ4n) is 2.54. The molecule has 3 N–H and O–H groups in total. The molecular weight excluding hydrogens is 202 g/mol. The van der Waals surface area contributed by atoms with Crippen molar-refractivity contribution < 1.29 is 9.90 Å². The summed E-state index contributed by atoms with van der Waals surface area (Å²) < 4.78 is 0. The van der Waals surface area contributed by atoms with Gasteiger partial charge < -0.3 is 10.8 Å². The van der Waals surface area contributed by atoms with Gasteiger partial charge in [-0.1, -0.05) is 45.4 Å². The molecule has 2 unspecified atom stereocenters. The number of aliphatic carboxylic acids is 1. The number of hydrogen-bond donors (Lipinski definition) is 2. The third-order valence-electron chi connectivity index (χ3n) is 3.95. The van der Waals surface area contributed by atoms with Crippen molar-refractivity contribution in [2.24, 2.45) is 17.6 Å². The molecule has 0 amide bonds. The Kier molecular flexibility index (Phi) is 5.81. The van der Waals surface area contributed by atoms with Crippen LogP contribution in [-0.2, 0) is 4.79 Å². The van der Waals surface area contributed by atoms with Gasteiger partial charge in [0.05, 0.1) is 6.42 Å². The first-order chi connectivity index (χ1) is 7.63. The van der Waals surface area contributed by atoms with Crippen LogP contribution in [0.1, 0.15) is 58.3 Å². The molecule has 94 valence electrons. The Hall–Kier alpha value is -0.570. The van der Waals surface area contributed by atoms with E-state index >= 15 is 0 Å². The molecule has 0 heterocycles. The van der Waals surface area contributed by atoms with Gasteiger partial charge in [0.2, 0.25) is 0 Å². The van der Waals surface area contributed by atoms with Crippen molar-refractivity contribution in [1.82, 2.24) is 0 Å². The maximum Gasteiger partial charge on any atom is 0.304 e. The van der Waals surface area contributed by atoms with E-state index < -0.39 is 5.97 Å². The van der Waals surface area contributed by atoms with E-state index in [1.165, 1.54) is 32.1 Å². The van der Waals surface area contributed by atoms with Crippen LogP contribution in [0, 0.1) is 11.8 Å². The molecule has 0 saturated heterocycles. The molecule has 0 aromatic rings. The second-order valence-electron chi connectivity index (χ2n) is 5.16. The van der Waals surface area contributed by atoms with Gasteiger partial charge in [0.25, 0.3) is 0 Å². The highest BCUT2D eigenvalue weighted by Gasteiger charge is 2.21. The Labute approximate surface area is 98.4 Å². The highest BCUT2D eigenvalue weighted by Crippen LogP contribution is 2.32. The molecule has 1 aliphatic carbocycles. The number of nitrogens with two attached hydrogens (primary N) is 1. The van der Waals surface area contributed by atoms with Crippen molar-refractivity contribution in [2.45, 2.75) is 64.3 Å². The number of carboxylic acid groups (broad SMARTS) is 1. The van der Waals surface area contributed by atoms with Crippen LogP contribution in [-0.4, -0.2) is 17.1 Å². The normalized spacial score (nSPS) is 20.1. The Morgan fingerprint density at radius 2 is 2.19 bits per heavy atom. The van der Waals surface area contributed by atoms with Gasteiger partial charge in [0.15, 0.2) is 0 Å². The average molecular weight is 227 g/mol. The van der Waals surface area contributed by atoms with E-state index in [1.807, 2.05) is 0 Å². The number of hydrogen-bond acceptors (Lipinski definition) is 2. The summed E-state index contributed by atoms with van der Waals surface area (Å²) in [6.45, 7) is 2.11. The van der Waals surface area contributed by atoms with Gasteiger partial charge in [-0.2, -0.15) is 0 Å². The molecule has 0 aromatic heterocycles. The molecule has 0 aromatic carbocycles. The second kappa shape index (κ2) is 6.89. The van der Waals surface area contributed by atoms with Crippen molar-refractivity contribution in [3.63, 3.8) is 0 Å². The van der Waals surface area contributed by atoms with Crippen LogP contribution in [0.15, 0.2) is 0 Å². The predicted molar refractivity (Wildman–Crippen MR) is 65.2 cm³/mol. The van der Waals surface area contributed by atoms with Crippen LogP contribution in [0.4, 0.5) is 0 Å². The van der Waals surface area contributed by atoms with Gasteiger partial charge in [0.1, 0.15) is 0 Å². The van der Waals surface area contributed by atoms with Crippen molar-refractivity contribution in [3.8, 4) is 0 Å². The molecule has 0 spiro atoms. The molecule has 0 bridgehead atoms. The van der Waals surface area contributed by atoms with E-state index in [0.717, 1.165) is 18.8 Å². The van der Waals surface area contributed by atoms with E-state index in [0.29, 0.717) is 5.92 Å². The van der Waals surface area contributed by atoms with E-state index in [1.54, 1.807) is 0 Å². The Bertz CT molecular complexity index is 214. The summed E-state index contributed by atoms with van der Waals surface area (Å²) in [5.74, 6) is 0.564. The third-order valence-corrected chi connectivity index (χ3v) is 3.95. The summed E-state index contributed by atoms with van der Waals surface area (Å²) in [5, 5.41) is 8.71. The van der Waals surface area contributed by atoms with E-state index in [9.17, 15) is 4.79 Å². The average Bonchev–Trinajstić information content (AvgIpc) is 2.13. The molecule has 3 heteroatoms. The lowest BCUT2D eigenvalue weighted by atomic mass is 9.80. The molecule has 0 aliphatic heterocycles. The summed E-state index contributed by atoms with van der Waals surface area (Å²) in [5.41, 5.74) is 5.91. The smallest absolute Gasteiger partial charge is 0.304 e. The zero-order valence-corrected chi connectivity index (χ0v) is 10.3. The first-order valence-corrected chi connectivity index (χ1v) is 6.60. The first-order valence-electron chi connectivity index (χ1n) is 6.60. The van der Waals surface area contributed by atoms with Crippen LogP contribution >= 0.6 is 0 Å². The van der Waals surface area contributed by atoms with Crippen LogP contribution in [0.25, 0.3) is 0 Å². The van der Waals surface area contributed by atoms with Crippen LogP contribution in [0.3, 0.4) is 0 Å². The van der Waals surface area contributed by atoms with Gasteiger partial charge in [0, 0.05) is 6.04 Å². The lowest BCUT2D eigenvalue weighted by Crippen LogP contribution is -2.32. The summed E-state index contributed by atoms with van der Waals surface area (Å²) in [7, 11) is 0. The van der Waals surface area contributed by atoms with Gasteiger partial charge in [-0.3, -0.25) is 4.79 Å². The van der Waals surface area contributed by atoms with Crippen LogP contribution in [0.5, 0.6) is 0 Å². The first kappa shape index (κ1) is 13.5. The lowest BCUT2D eigenvalue weighted by molar-refractivity contribution is -0.137. The Balaban J connectivity index is 2.16. The molecule has 1 fully saturated rings. The summed E-state index contributed by atoms with van der Waals surface area (Å²) >= 11 is 0. The highest BCUT2D eigenvalue weighted by atomic mass is 16.4. The molecule has 1 aliphatic rings. The molecule has 2 atom stereocenters. The van der Waals surface area contributed by atoms with Crippen molar-refractivity contribution in [1.29, 1.82) is 0 Å². The largest absolute Gasteiger partial charge is 0.481 e. The highest BCUT2D eigenvalue weighted by molar-refractivity contribution is 5.67. The number of carbonyl (C=O) groups is 1. The monoisotopic (exact) mass is 227 g/mol. The van der Waals surface area contributed by atoms with Crippen molar-refractivity contribution in [3.05, 3.63) is 0 Å². The third kappa shape index (κ3) is 4.52. The maximum absolute atomic E-state index is 10.6. The number of rotatable bonds is 8. The van der Waals surface area contributed by atoms with Gasteiger partial charge in [-0.25, -0.2) is 0 Å². The zero-order valence-electron chi connectivity index (χ0n) is 10.3. The minimum atomic E-state index is -0.773. The Morgan fingerprint density at radius 3 is 2.62 bits per heavy atom. The molecule has 16 heavy (non-hydrogen) atoms. The lowest BCUT2D eigenvalue weighted by Gasteiger charge is -2.27. The SMILES string of the molecule is CCC(CCCC1CCC1)C(N)CC(=O)O. The Morgan fingerprint density at radius 1 is 1.50 bits per heavy atom. The van der Waals surface area contributed by atoms with Gasteiger partial charge in [-0.15, -0.1) is 0 Å². The van der Waals surface area contributed by atoms with Crippen molar-refractivity contribution in [2.75, 3.05) is 0 Å². The second-order valence-corrected chi connectivity index (χ2v) is 5.16. The minimum Gasteiger partial charge on any atom is -0.481 e. The van der Waals surface area contributed by atoms with Crippen LogP contribution in [0.2, 0.25) is 0 Å². The number of carboxylic acids is 1. The quantitative estimate of drug-likeness (QED) is 0.670. The summed E-state index contributed by atoms with van der Waals surface area (Å²) in [6, 6.07) is -0.163. The summed E-state index contributed by atoms with van der Waals surface area (Å²) in [4.78, 5) is 10.6. The van der Waals surface area contributed by atoms with Gasteiger partial charge >= 0.3 is 5.97 Å². The molecule has 1 saturated carbocycles. The van der Waals surface area contributed by atoms with Crippen LogP contribution < -0.4 is 5.73 Å². The molecule has 0 radical (unpaired) electrons.